The third-order valence-electron chi connectivity index (χ3n) is 4.56. The highest BCUT2D eigenvalue weighted by molar-refractivity contribution is 7.71. The molecule has 2 N–H and O–H groups in total. The Morgan fingerprint density at radius 2 is 2.28 bits per heavy atom. The molecule has 1 fully saturated rings. The van der Waals surface area contributed by atoms with Gasteiger partial charge in [0.05, 0.1) is 11.7 Å². The number of aromatic amines is 1. The first-order chi connectivity index (χ1) is 13.9. The van der Waals surface area contributed by atoms with Crippen LogP contribution in [0.15, 0.2) is 29.2 Å². The second-order valence-corrected chi connectivity index (χ2v) is 9.02. The molecule has 2 aliphatic rings. The summed E-state index contributed by atoms with van der Waals surface area (Å²) in [6.07, 6.45) is 2.08. The Morgan fingerprint density at radius 3 is 3.07 bits per heavy atom. The zero-order valence-electron chi connectivity index (χ0n) is 14.9. The van der Waals surface area contributed by atoms with E-state index >= 15 is 0 Å². The van der Waals surface area contributed by atoms with Crippen molar-refractivity contribution in [3.05, 3.63) is 55.7 Å². The van der Waals surface area contributed by atoms with Crippen molar-refractivity contribution in [2.75, 3.05) is 6.61 Å². The second-order valence-electron chi connectivity index (χ2n) is 6.54. The first-order valence-corrected chi connectivity index (χ1v) is 11.0. The molecule has 3 atom stereocenters. The van der Waals surface area contributed by atoms with Crippen LogP contribution in [0, 0.1) is 4.64 Å². The fourth-order valence-corrected chi connectivity index (χ4v) is 4.75. The number of fused-ring (bicyclic) bond motifs is 1. The predicted molar refractivity (Wildman–Crippen MR) is 106 cm³/mol. The molecule has 0 spiro atoms. The zero-order chi connectivity index (χ0) is 20.6. The van der Waals surface area contributed by atoms with Crippen LogP contribution in [-0.4, -0.2) is 33.4 Å². The van der Waals surface area contributed by atoms with E-state index in [-0.39, 0.29) is 23.4 Å². The van der Waals surface area contributed by atoms with Crippen LogP contribution < -0.4 is 10.2 Å². The van der Waals surface area contributed by atoms with Crippen molar-refractivity contribution in [3.8, 4) is 5.75 Å². The van der Waals surface area contributed by atoms with Gasteiger partial charge in [0.15, 0.2) is 12.0 Å². The number of rotatable bonds is 5. The molecule has 9 nitrogen and oxygen atoms in total. The highest BCUT2D eigenvalue weighted by Crippen LogP contribution is 2.61. The summed E-state index contributed by atoms with van der Waals surface area (Å²) in [5.41, 5.74) is 0.452. The highest BCUT2D eigenvalue weighted by atomic mass is 35.5. The maximum absolute atomic E-state index is 12.1. The molecule has 3 unspecified atom stereocenters. The third-order valence-corrected chi connectivity index (χ3v) is 6.49. The van der Waals surface area contributed by atoms with Crippen molar-refractivity contribution in [1.29, 1.82) is 0 Å². The molecule has 1 aromatic carbocycles. The number of nitrogens with zero attached hydrogens (tertiary/aromatic N) is 1. The lowest BCUT2D eigenvalue weighted by Crippen LogP contribution is -2.28. The first kappa shape index (κ1) is 20.6. The van der Waals surface area contributed by atoms with Gasteiger partial charge in [-0.1, -0.05) is 23.8 Å². The monoisotopic (exact) mass is 459 g/mol. The van der Waals surface area contributed by atoms with E-state index in [1.807, 2.05) is 0 Å². The van der Waals surface area contributed by atoms with Crippen LogP contribution in [0.2, 0.25) is 5.02 Å². The van der Waals surface area contributed by atoms with E-state index in [0.717, 1.165) is 5.56 Å². The lowest BCUT2D eigenvalue weighted by atomic mass is 10.2. The van der Waals surface area contributed by atoms with E-state index in [2.05, 4.69) is 4.98 Å². The Hall–Kier alpha value is -1.65. The molecule has 154 valence electrons. The molecule has 0 bridgehead atoms. The van der Waals surface area contributed by atoms with Gasteiger partial charge in [-0.2, -0.15) is 4.89 Å². The number of H-pyrrole nitrogens is 1. The summed E-state index contributed by atoms with van der Waals surface area (Å²) in [5.74, 6) is 0.453. The van der Waals surface area contributed by atoms with E-state index in [9.17, 15) is 14.5 Å². The summed E-state index contributed by atoms with van der Waals surface area (Å²) in [6, 6.07) is 4.99. The maximum Gasteiger partial charge on any atom is 0.619 e. The summed E-state index contributed by atoms with van der Waals surface area (Å²) in [6.45, 7) is 0.128. The van der Waals surface area contributed by atoms with Crippen LogP contribution in [0.3, 0.4) is 0 Å². The molecule has 0 amide bonds. The number of benzene rings is 1. The third kappa shape index (κ3) is 4.44. The first-order valence-electron chi connectivity index (χ1n) is 8.72. The molecular weight excluding hydrogens is 443 g/mol. The second kappa shape index (κ2) is 8.23. The van der Waals surface area contributed by atoms with Gasteiger partial charge in [-0.25, -0.2) is 4.79 Å². The number of halogens is 1. The summed E-state index contributed by atoms with van der Waals surface area (Å²) in [7, 11) is -3.54. The largest absolute Gasteiger partial charge is 0.619 e. The van der Waals surface area contributed by atoms with Crippen LogP contribution in [-0.2, 0) is 20.4 Å². The summed E-state index contributed by atoms with van der Waals surface area (Å²) >= 11 is 10.9. The standard InChI is InChI=1S/C17H16ClN2O7PS/c18-12-1-3-14-10(5-12)8-24-28(23,27-14)25-9-13-2-4-15(26-13)20-6-11(7-21)16(29)19-17(20)22/h1,3,5-7,13,15,23H,2,4,8-9H2/p+1. The van der Waals surface area contributed by atoms with Gasteiger partial charge in [-0.05, 0) is 31.0 Å². The molecule has 0 aliphatic carbocycles. The number of hydrogen-bond donors (Lipinski definition) is 2. The van der Waals surface area contributed by atoms with Crippen molar-refractivity contribution in [3.63, 3.8) is 0 Å². The smallest absolute Gasteiger partial charge is 0.352 e. The van der Waals surface area contributed by atoms with Crippen LogP contribution >= 0.6 is 32.0 Å². The quantitative estimate of drug-likeness (QED) is 0.398. The van der Waals surface area contributed by atoms with Crippen LogP contribution in [0.4, 0.5) is 0 Å². The summed E-state index contributed by atoms with van der Waals surface area (Å²) in [4.78, 5) is 36.2. The average Bonchev–Trinajstić information content (AvgIpc) is 3.16. The Labute approximate surface area is 175 Å². The molecule has 29 heavy (non-hydrogen) atoms. The fourth-order valence-electron chi connectivity index (χ4n) is 3.11. The van der Waals surface area contributed by atoms with Crippen molar-refractivity contribution < 1.29 is 28.0 Å². The van der Waals surface area contributed by atoms with Gasteiger partial charge in [-0.15, -0.1) is 9.05 Å². The SMILES string of the molecule is O=Cc1cn(C2CCC(CO[P+]3(O)OCc4cc(Cl)ccc4O3)O2)c(=O)[nH]c1=S. The minimum absolute atomic E-state index is 0.0157. The molecule has 4 rings (SSSR count). The van der Waals surface area contributed by atoms with E-state index in [0.29, 0.717) is 29.9 Å². The molecular formula is C17H17ClN2O7PS+. The van der Waals surface area contributed by atoms with Gasteiger partial charge in [0.1, 0.15) is 24.1 Å². The molecule has 1 saturated heterocycles. The Balaban J connectivity index is 1.39. The van der Waals surface area contributed by atoms with E-state index < -0.39 is 26.2 Å². The minimum Gasteiger partial charge on any atom is -0.352 e. The molecule has 12 heteroatoms. The number of aromatic nitrogens is 2. The van der Waals surface area contributed by atoms with Gasteiger partial charge in [-0.3, -0.25) is 18.9 Å². The molecule has 2 aliphatic heterocycles. The molecule has 0 radical (unpaired) electrons. The molecule has 0 saturated carbocycles. The van der Waals surface area contributed by atoms with Gasteiger partial charge < -0.3 is 4.74 Å². The van der Waals surface area contributed by atoms with Crippen LogP contribution in [0.25, 0.3) is 0 Å². The maximum atomic E-state index is 12.1. The average molecular weight is 460 g/mol. The van der Waals surface area contributed by atoms with Crippen LogP contribution in [0.1, 0.15) is 35.0 Å². The minimum atomic E-state index is -3.54. The number of nitrogens with one attached hydrogen (secondary N) is 1. The van der Waals surface area contributed by atoms with E-state index in [4.69, 9.17) is 42.1 Å². The van der Waals surface area contributed by atoms with Crippen molar-refractivity contribution in [1.82, 2.24) is 9.55 Å². The lowest BCUT2D eigenvalue weighted by Gasteiger charge is -2.22. The van der Waals surface area contributed by atoms with Crippen molar-refractivity contribution in [2.45, 2.75) is 31.8 Å². The topological polar surface area (TPSA) is 112 Å². The van der Waals surface area contributed by atoms with Gasteiger partial charge in [0, 0.05) is 16.8 Å². The number of aldehydes is 1. The Bertz CT molecular complexity index is 1060. The van der Waals surface area contributed by atoms with Crippen molar-refractivity contribution in [2.24, 2.45) is 0 Å². The summed E-state index contributed by atoms with van der Waals surface area (Å²) < 4.78 is 23.6. The normalized spacial score (nSPS) is 26.0. The number of carbonyl (C=O) groups is 1. The Kier molecular flexibility index (Phi) is 5.85. The zero-order valence-corrected chi connectivity index (χ0v) is 17.4. The molecule has 2 aromatic rings. The van der Waals surface area contributed by atoms with Gasteiger partial charge in [0.25, 0.3) is 0 Å². The molecule has 1 aromatic heterocycles. The van der Waals surface area contributed by atoms with Gasteiger partial charge >= 0.3 is 13.9 Å². The lowest BCUT2D eigenvalue weighted by molar-refractivity contribution is -0.0301. The number of carbonyl (C=O) groups excluding carboxylic acids is 1. The van der Waals surface area contributed by atoms with E-state index in [1.165, 1.54) is 10.8 Å². The van der Waals surface area contributed by atoms with Crippen molar-refractivity contribution >= 4 is 38.3 Å². The fraction of sp³-hybridized carbons (Fsp3) is 0.353. The summed E-state index contributed by atoms with van der Waals surface area (Å²) in [5, 5.41) is 0.542. The van der Waals surface area contributed by atoms with Crippen LogP contribution in [0.5, 0.6) is 5.75 Å². The Morgan fingerprint density at radius 1 is 1.45 bits per heavy atom. The van der Waals surface area contributed by atoms with Gasteiger partial charge in [0.2, 0.25) is 0 Å². The number of hydrogen-bond acceptors (Lipinski definition) is 8. The molecule has 3 heterocycles. The highest BCUT2D eigenvalue weighted by Gasteiger charge is 2.51. The predicted octanol–water partition coefficient (Wildman–Crippen LogP) is 3.35. The number of ether oxygens (including phenoxy) is 1. The van der Waals surface area contributed by atoms with E-state index in [1.54, 1.807) is 18.2 Å².